The molecule has 1 heterocycles. The van der Waals surface area contributed by atoms with Crippen molar-refractivity contribution in [2.24, 2.45) is 0 Å². The lowest BCUT2D eigenvalue weighted by molar-refractivity contribution is 0.690. The first-order valence-corrected chi connectivity index (χ1v) is 5.02. The Bertz CT molecular complexity index is 385. The Kier molecular flexibility index (Phi) is 3.87. The van der Waals surface area contributed by atoms with Crippen LogP contribution in [0.3, 0.4) is 0 Å². The summed E-state index contributed by atoms with van der Waals surface area (Å²) in [7, 11) is 1.90. The van der Waals surface area contributed by atoms with E-state index in [0.29, 0.717) is 11.6 Å². The SMILES string of the molecule is Cc1c(Cl)ncnc1N(C)C(C)CC#N. The fraction of sp³-hybridized carbons (Fsp3) is 0.500. The van der Waals surface area contributed by atoms with Crippen molar-refractivity contribution >= 4 is 17.4 Å². The van der Waals surface area contributed by atoms with Gasteiger partial charge in [0.25, 0.3) is 0 Å². The molecule has 4 nitrogen and oxygen atoms in total. The van der Waals surface area contributed by atoms with Crippen molar-refractivity contribution in [2.75, 3.05) is 11.9 Å². The Labute approximate surface area is 94.5 Å². The first kappa shape index (κ1) is 11.7. The van der Waals surface area contributed by atoms with Crippen molar-refractivity contribution in [3.63, 3.8) is 0 Å². The summed E-state index contributed by atoms with van der Waals surface area (Å²) in [5.74, 6) is 0.776. The number of aromatic nitrogens is 2. The standard InChI is InChI=1S/C10H13ClN4/c1-7(4-5-12)15(3)10-8(2)9(11)13-6-14-10/h6-7H,4H2,1-3H3. The molecule has 0 amide bonds. The van der Waals surface area contributed by atoms with E-state index in [1.807, 2.05) is 25.8 Å². The van der Waals surface area contributed by atoms with E-state index >= 15 is 0 Å². The van der Waals surface area contributed by atoms with E-state index in [9.17, 15) is 0 Å². The molecule has 0 spiro atoms. The highest BCUT2D eigenvalue weighted by Gasteiger charge is 2.14. The fourth-order valence-electron chi connectivity index (χ4n) is 1.25. The Morgan fingerprint density at radius 3 is 2.87 bits per heavy atom. The second-order valence-corrected chi connectivity index (χ2v) is 3.79. The fourth-order valence-corrected chi connectivity index (χ4v) is 1.38. The molecule has 0 fully saturated rings. The predicted octanol–water partition coefficient (Wildman–Crippen LogP) is 2.18. The number of halogens is 1. The maximum absolute atomic E-state index is 8.62. The molecular formula is C10H13ClN4. The van der Waals surface area contributed by atoms with Crippen LogP contribution in [0, 0.1) is 18.3 Å². The van der Waals surface area contributed by atoms with Gasteiger partial charge in [-0.15, -0.1) is 0 Å². The van der Waals surface area contributed by atoms with Gasteiger partial charge in [-0.3, -0.25) is 0 Å². The van der Waals surface area contributed by atoms with E-state index in [2.05, 4.69) is 16.0 Å². The van der Waals surface area contributed by atoms with Crippen molar-refractivity contribution in [3.8, 4) is 6.07 Å². The molecule has 1 atom stereocenters. The molecule has 1 aromatic rings. The van der Waals surface area contributed by atoms with E-state index < -0.39 is 0 Å². The predicted molar refractivity (Wildman–Crippen MR) is 59.9 cm³/mol. The highest BCUT2D eigenvalue weighted by atomic mass is 35.5. The maximum atomic E-state index is 8.62. The van der Waals surface area contributed by atoms with Crippen LogP contribution >= 0.6 is 11.6 Å². The van der Waals surface area contributed by atoms with Crippen LogP contribution in [-0.2, 0) is 0 Å². The van der Waals surface area contributed by atoms with E-state index in [0.717, 1.165) is 11.4 Å². The molecular weight excluding hydrogens is 212 g/mol. The van der Waals surface area contributed by atoms with Gasteiger partial charge in [0.2, 0.25) is 0 Å². The average molecular weight is 225 g/mol. The van der Waals surface area contributed by atoms with Crippen molar-refractivity contribution in [2.45, 2.75) is 26.3 Å². The Morgan fingerprint density at radius 2 is 2.27 bits per heavy atom. The summed E-state index contributed by atoms with van der Waals surface area (Å²) in [6.45, 7) is 3.84. The van der Waals surface area contributed by atoms with Crippen LogP contribution in [0.1, 0.15) is 18.9 Å². The summed E-state index contributed by atoms with van der Waals surface area (Å²) in [5.41, 5.74) is 0.839. The Hall–Kier alpha value is -1.34. The van der Waals surface area contributed by atoms with Crippen LogP contribution in [0.5, 0.6) is 0 Å². The summed E-state index contributed by atoms with van der Waals surface area (Å²) in [5, 5.41) is 9.08. The van der Waals surface area contributed by atoms with Crippen LogP contribution in [0.4, 0.5) is 5.82 Å². The molecule has 1 unspecified atom stereocenters. The smallest absolute Gasteiger partial charge is 0.137 e. The first-order chi connectivity index (χ1) is 7.07. The van der Waals surface area contributed by atoms with Gasteiger partial charge in [0, 0.05) is 18.7 Å². The highest BCUT2D eigenvalue weighted by Crippen LogP contribution is 2.22. The molecule has 0 saturated carbocycles. The summed E-state index contributed by atoms with van der Waals surface area (Å²) in [6.07, 6.45) is 1.89. The van der Waals surface area contributed by atoms with E-state index in [-0.39, 0.29) is 6.04 Å². The molecule has 5 heteroatoms. The lowest BCUT2D eigenvalue weighted by atomic mass is 10.2. The molecule has 0 radical (unpaired) electrons. The van der Waals surface area contributed by atoms with Crippen molar-refractivity contribution in [1.82, 2.24) is 9.97 Å². The number of rotatable bonds is 3. The largest absolute Gasteiger partial charge is 0.356 e. The minimum atomic E-state index is 0.111. The topological polar surface area (TPSA) is 52.8 Å². The van der Waals surface area contributed by atoms with Gasteiger partial charge in [-0.2, -0.15) is 5.26 Å². The second-order valence-electron chi connectivity index (χ2n) is 3.44. The molecule has 0 saturated heterocycles. The van der Waals surface area contributed by atoms with Gasteiger partial charge < -0.3 is 4.90 Å². The number of nitrogens with zero attached hydrogens (tertiary/aromatic N) is 4. The van der Waals surface area contributed by atoms with Crippen LogP contribution in [-0.4, -0.2) is 23.1 Å². The van der Waals surface area contributed by atoms with Gasteiger partial charge in [-0.1, -0.05) is 11.6 Å². The quantitative estimate of drug-likeness (QED) is 0.739. The van der Waals surface area contributed by atoms with E-state index in [4.69, 9.17) is 16.9 Å². The van der Waals surface area contributed by atoms with Crippen molar-refractivity contribution < 1.29 is 0 Å². The minimum absolute atomic E-state index is 0.111. The lowest BCUT2D eigenvalue weighted by Crippen LogP contribution is -2.29. The molecule has 1 aromatic heterocycles. The zero-order valence-electron chi connectivity index (χ0n) is 9.03. The van der Waals surface area contributed by atoms with Crippen molar-refractivity contribution in [1.29, 1.82) is 5.26 Å². The summed E-state index contributed by atoms with van der Waals surface area (Å²) >= 11 is 5.90. The van der Waals surface area contributed by atoms with Gasteiger partial charge >= 0.3 is 0 Å². The number of hydrogen-bond donors (Lipinski definition) is 0. The molecule has 0 N–H and O–H groups in total. The molecule has 0 aliphatic carbocycles. The normalized spacial score (nSPS) is 11.9. The van der Waals surface area contributed by atoms with Crippen LogP contribution < -0.4 is 4.90 Å². The monoisotopic (exact) mass is 224 g/mol. The van der Waals surface area contributed by atoms with Gasteiger partial charge in [0.1, 0.15) is 17.3 Å². The molecule has 0 bridgehead atoms. The molecule has 80 valence electrons. The molecule has 15 heavy (non-hydrogen) atoms. The first-order valence-electron chi connectivity index (χ1n) is 4.64. The zero-order chi connectivity index (χ0) is 11.4. The molecule has 0 aliphatic heterocycles. The van der Waals surface area contributed by atoms with E-state index in [1.165, 1.54) is 6.33 Å². The van der Waals surface area contributed by atoms with E-state index in [1.54, 1.807) is 0 Å². The average Bonchev–Trinajstić information content (AvgIpc) is 2.21. The van der Waals surface area contributed by atoms with Gasteiger partial charge in [-0.25, -0.2) is 9.97 Å². The van der Waals surface area contributed by atoms with Crippen LogP contribution in [0.2, 0.25) is 5.15 Å². The Balaban J connectivity index is 2.96. The molecule has 0 aliphatic rings. The zero-order valence-corrected chi connectivity index (χ0v) is 9.78. The number of hydrogen-bond acceptors (Lipinski definition) is 4. The van der Waals surface area contributed by atoms with Gasteiger partial charge in [0.15, 0.2) is 0 Å². The third-order valence-corrected chi connectivity index (χ3v) is 2.76. The van der Waals surface area contributed by atoms with Gasteiger partial charge in [-0.05, 0) is 13.8 Å². The lowest BCUT2D eigenvalue weighted by Gasteiger charge is -2.25. The third kappa shape index (κ3) is 2.57. The number of anilines is 1. The molecule has 1 rings (SSSR count). The van der Waals surface area contributed by atoms with Crippen LogP contribution in [0.25, 0.3) is 0 Å². The minimum Gasteiger partial charge on any atom is -0.356 e. The van der Waals surface area contributed by atoms with Gasteiger partial charge in [0.05, 0.1) is 12.5 Å². The Morgan fingerprint density at radius 1 is 1.60 bits per heavy atom. The maximum Gasteiger partial charge on any atom is 0.137 e. The summed E-state index contributed by atoms with van der Waals surface area (Å²) in [6, 6.07) is 2.24. The van der Waals surface area contributed by atoms with Crippen LogP contribution in [0.15, 0.2) is 6.33 Å². The summed E-state index contributed by atoms with van der Waals surface area (Å²) < 4.78 is 0. The number of nitriles is 1. The molecule has 0 aromatic carbocycles. The highest BCUT2D eigenvalue weighted by molar-refractivity contribution is 6.30. The second kappa shape index (κ2) is 4.94. The van der Waals surface area contributed by atoms with Crippen molar-refractivity contribution in [3.05, 3.63) is 17.0 Å². The third-order valence-electron chi connectivity index (χ3n) is 2.38. The summed E-state index contributed by atoms with van der Waals surface area (Å²) in [4.78, 5) is 9.99.